The first kappa shape index (κ1) is 14.8. The predicted octanol–water partition coefficient (Wildman–Crippen LogP) is 3.13. The summed E-state index contributed by atoms with van der Waals surface area (Å²) in [6.45, 7) is 11.5. The highest BCUT2D eigenvalue weighted by atomic mass is 16.5. The highest BCUT2D eigenvalue weighted by Crippen LogP contribution is 2.66. The standard InChI is InChI=1S/C16H29NO2/c1-6-11(2)17-10-14(18)19-13-9-12-7-8-16(13,5)15(12,3)4/h11-13,17H,6-10H2,1-5H3. The number of rotatable bonds is 5. The molecule has 0 radical (unpaired) electrons. The number of fused-ring (bicyclic) bond motifs is 2. The molecule has 0 heterocycles. The number of hydrogen-bond acceptors (Lipinski definition) is 3. The van der Waals surface area contributed by atoms with E-state index in [2.05, 4.69) is 39.9 Å². The summed E-state index contributed by atoms with van der Waals surface area (Å²) < 4.78 is 5.78. The lowest BCUT2D eigenvalue weighted by molar-refractivity contribution is -0.155. The Morgan fingerprint density at radius 1 is 1.42 bits per heavy atom. The average molecular weight is 267 g/mol. The smallest absolute Gasteiger partial charge is 0.320 e. The summed E-state index contributed by atoms with van der Waals surface area (Å²) in [5.74, 6) is 0.632. The normalized spacial score (nSPS) is 37.3. The predicted molar refractivity (Wildman–Crippen MR) is 76.9 cm³/mol. The molecule has 110 valence electrons. The zero-order valence-corrected chi connectivity index (χ0v) is 13.1. The minimum atomic E-state index is -0.0881. The molecule has 2 aliphatic rings. The molecule has 1 N–H and O–H groups in total. The topological polar surface area (TPSA) is 38.3 Å². The fraction of sp³-hybridized carbons (Fsp3) is 0.938. The Morgan fingerprint density at radius 3 is 2.58 bits per heavy atom. The maximum Gasteiger partial charge on any atom is 0.320 e. The van der Waals surface area contributed by atoms with E-state index in [0.717, 1.165) is 18.8 Å². The van der Waals surface area contributed by atoms with Crippen molar-refractivity contribution in [2.24, 2.45) is 16.7 Å². The van der Waals surface area contributed by atoms with Crippen LogP contribution in [0.15, 0.2) is 0 Å². The molecule has 2 fully saturated rings. The van der Waals surface area contributed by atoms with E-state index in [-0.39, 0.29) is 17.5 Å². The van der Waals surface area contributed by atoms with E-state index in [1.807, 2.05) is 0 Å². The van der Waals surface area contributed by atoms with Crippen LogP contribution in [0, 0.1) is 16.7 Å². The van der Waals surface area contributed by atoms with Crippen molar-refractivity contribution in [3.05, 3.63) is 0 Å². The quantitative estimate of drug-likeness (QED) is 0.778. The van der Waals surface area contributed by atoms with Gasteiger partial charge in [-0.15, -0.1) is 0 Å². The summed E-state index contributed by atoms with van der Waals surface area (Å²) in [5, 5.41) is 3.21. The highest BCUT2D eigenvalue weighted by Gasteiger charge is 2.62. The van der Waals surface area contributed by atoms with Crippen molar-refractivity contribution in [1.29, 1.82) is 0 Å². The van der Waals surface area contributed by atoms with Crippen molar-refractivity contribution in [3.8, 4) is 0 Å². The van der Waals surface area contributed by atoms with Crippen LogP contribution in [0.4, 0.5) is 0 Å². The Kier molecular flexibility index (Phi) is 3.97. The van der Waals surface area contributed by atoms with Gasteiger partial charge in [-0.25, -0.2) is 0 Å². The molecule has 3 nitrogen and oxygen atoms in total. The summed E-state index contributed by atoms with van der Waals surface area (Å²) in [6, 6.07) is 0.375. The summed E-state index contributed by atoms with van der Waals surface area (Å²) in [7, 11) is 0. The molecule has 4 atom stereocenters. The molecule has 0 saturated heterocycles. The third-order valence-corrected chi connectivity index (χ3v) is 6.19. The molecule has 3 heteroatoms. The lowest BCUT2D eigenvalue weighted by Gasteiger charge is -2.38. The molecular formula is C16H29NO2. The first-order valence-electron chi connectivity index (χ1n) is 7.74. The van der Waals surface area contributed by atoms with Crippen LogP contribution in [0.3, 0.4) is 0 Å². The molecule has 0 amide bonds. The molecule has 0 aromatic heterocycles. The van der Waals surface area contributed by atoms with Gasteiger partial charge in [0, 0.05) is 11.5 Å². The van der Waals surface area contributed by atoms with Crippen molar-refractivity contribution in [2.45, 2.75) is 72.4 Å². The Labute approximate surface area is 117 Å². The number of hydrogen-bond donors (Lipinski definition) is 1. The molecule has 0 aromatic carbocycles. The SMILES string of the molecule is CCC(C)NCC(=O)OC1CC2CCC1(C)C2(C)C. The van der Waals surface area contributed by atoms with E-state index >= 15 is 0 Å². The number of carbonyl (C=O) groups excluding carboxylic acids is 1. The number of esters is 1. The average Bonchev–Trinajstić information content (AvgIpc) is 2.69. The largest absolute Gasteiger partial charge is 0.461 e. The maximum atomic E-state index is 12.0. The van der Waals surface area contributed by atoms with Crippen LogP contribution in [-0.4, -0.2) is 24.7 Å². The van der Waals surface area contributed by atoms with Gasteiger partial charge < -0.3 is 10.1 Å². The van der Waals surface area contributed by atoms with Gasteiger partial charge in [-0.05, 0) is 43.9 Å². The van der Waals surface area contributed by atoms with E-state index in [1.165, 1.54) is 12.8 Å². The van der Waals surface area contributed by atoms with Gasteiger partial charge in [-0.2, -0.15) is 0 Å². The summed E-state index contributed by atoms with van der Waals surface area (Å²) in [6.07, 6.45) is 4.69. The van der Waals surface area contributed by atoms with E-state index in [1.54, 1.807) is 0 Å². The molecule has 2 saturated carbocycles. The van der Waals surface area contributed by atoms with Gasteiger partial charge >= 0.3 is 5.97 Å². The van der Waals surface area contributed by atoms with Gasteiger partial charge in [0.05, 0.1) is 6.54 Å². The maximum absolute atomic E-state index is 12.0. The van der Waals surface area contributed by atoms with E-state index in [4.69, 9.17) is 4.74 Å². The van der Waals surface area contributed by atoms with Crippen molar-refractivity contribution in [2.75, 3.05) is 6.54 Å². The lowest BCUT2D eigenvalue weighted by Crippen LogP contribution is -2.40. The molecule has 0 aromatic rings. The van der Waals surface area contributed by atoms with Gasteiger partial charge in [-0.3, -0.25) is 4.79 Å². The molecule has 4 unspecified atom stereocenters. The lowest BCUT2D eigenvalue weighted by atomic mass is 9.70. The minimum absolute atomic E-state index is 0.0881. The van der Waals surface area contributed by atoms with Crippen molar-refractivity contribution in [3.63, 3.8) is 0 Å². The third kappa shape index (κ3) is 2.42. The minimum Gasteiger partial charge on any atom is -0.461 e. The van der Waals surface area contributed by atoms with Crippen LogP contribution in [0.5, 0.6) is 0 Å². The Morgan fingerprint density at radius 2 is 2.11 bits per heavy atom. The highest BCUT2D eigenvalue weighted by molar-refractivity contribution is 5.72. The Balaban J connectivity index is 1.89. The summed E-state index contributed by atoms with van der Waals surface area (Å²) >= 11 is 0. The fourth-order valence-electron chi connectivity index (χ4n) is 3.91. The molecular weight excluding hydrogens is 238 g/mol. The number of carbonyl (C=O) groups is 1. The Hall–Kier alpha value is -0.570. The molecule has 0 spiro atoms. The summed E-state index contributed by atoms with van der Waals surface area (Å²) in [4.78, 5) is 12.0. The molecule has 2 rings (SSSR count). The number of nitrogens with one attached hydrogen (secondary N) is 1. The van der Waals surface area contributed by atoms with Crippen molar-refractivity contribution < 1.29 is 9.53 Å². The zero-order valence-electron chi connectivity index (χ0n) is 13.1. The van der Waals surface area contributed by atoms with E-state index < -0.39 is 0 Å². The van der Waals surface area contributed by atoms with Crippen LogP contribution in [0.25, 0.3) is 0 Å². The van der Waals surface area contributed by atoms with Crippen LogP contribution < -0.4 is 5.32 Å². The van der Waals surface area contributed by atoms with Crippen LogP contribution in [0.2, 0.25) is 0 Å². The third-order valence-electron chi connectivity index (χ3n) is 6.19. The van der Waals surface area contributed by atoms with Crippen molar-refractivity contribution >= 4 is 5.97 Å². The van der Waals surface area contributed by atoms with Gasteiger partial charge in [-0.1, -0.05) is 27.7 Å². The zero-order chi connectivity index (χ0) is 14.3. The van der Waals surface area contributed by atoms with Gasteiger partial charge in [0.15, 0.2) is 0 Å². The van der Waals surface area contributed by atoms with Crippen LogP contribution >= 0.6 is 0 Å². The van der Waals surface area contributed by atoms with E-state index in [0.29, 0.717) is 18.0 Å². The van der Waals surface area contributed by atoms with Crippen LogP contribution in [0.1, 0.15) is 60.3 Å². The second-order valence-corrected chi connectivity index (χ2v) is 7.28. The molecule has 2 aliphatic carbocycles. The second kappa shape index (κ2) is 5.08. The van der Waals surface area contributed by atoms with E-state index in [9.17, 15) is 4.79 Å². The fourth-order valence-corrected chi connectivity index (χ4v) is 3.91. The second-order valence-electron chi connectivity index (χ2n) is 7.28. The van der Waals surface area contributed by atoms with Crippen molar-refractivity contribution in [1.82, 2.24) is 5.32 Å². The van der Waals surface area contributed by atoms with Gasteiger partial charge in [0.25, 0.3) is 0 Å². The molecule has 19 heavy (non-hydrogen) atoms. The summed E-state index contributed by atoms with van der Waals surface area (Å²) in [5.41, 5.74) is 0.478. The molecule has 2 bridgehead atoms. The number of ether oxygens (including phenoxy) is 1. The first-order valence-corrected chi connectivity index (χ1v) is 7.74. The monoisotopic (exact) mass is 267 g/mol. The molecule has 0 aliphatic heterocycles. The first-order chi connectivity index (χ1) is 8.81. The van der Waals surface area contributed by atoms with Gasteiger partial charge in [0.1, 0.15) is 6.10 Å². The van der Waals surface area contributed by atoms with Gasteiger partial charge in [0.2, 0.25) is 0 Å². The van der Waals surface area contributed by atoms with Crippen LogP contribution in [-0.2, 0) is 9.53 Å². The Bertz CT molecular complexity index is 353.